The highest BCUT2D eigenvalue weighted by Crippen LogP contribution is 2.33. The second-order valence-corrected chi connectivity index (χ2v) is 6.68. The third-order valence-corrected chi connectivity index (χ3v) is 4.50. The van der Waals surface area contributed by atoms with Crippen LogP contribution >= 0.6 is 15.9 Å². The third kappa shape index (κ3) is 2.77. The highest BCUT2D eigenvalue weighted by molar-refractivity contribution is 9.09. The lowest BCUT2D eigenvalue weighted by Crippen LogP contribution is -2.38. The molecule has 1 fully saturated rings. The first-order chi connectivity index (χ1) is 8.49. The van der Waals surface area contributed by atoms with Crippen LogP contribution in [-0.2, 0) is 0 Å². The average molecular weight is 310 g/mol. The van der Waals surface area contributed by atoms with E-state index in [0.717, 1.165) is 23.2 Å². The van der Waals surface area contributed by atoms with Crippen LogP contribution in [-0.4, -0.2) is 29.2 Å². The van der Waals surface area contributed by atoms with Gasteiger partial charge in [-0.25, -0.2) is 0 Å². The van der Waals surface area contributed by atoms with Gasteiger partial charge in [0.15, 0.2) is 0 Å². The van der Waals surface area contributed by atoms with Gasteiger partial charge in [0.2, 0.25) is 0 Å². The van der Waals surface area contributed by atoms with Crippen LogP contribution in [0.2, 0.25) is 0 Å². The summed E-state index contributed by atoms with van der Waals surface area (Å²) in [5, 5.41) is 0. The molecule has 0 unspecified atom stereocenters. The molecule has 0 aliphatic heterocycles. The number of carbonyl (C=O) groups is 1. The summed E-state index contributed by atoms with van der Waals surface area (Å²) in [6, 6.07) is 6.01. The largest absolute Gasteiger partial charge is 0.341 e. The minimum atomic E-state index is 0.156. The lowest BCUT2D eigenvalue weighted by molar-refractivity contribution is 0.0747. The van der Waals surface area contributed by atoms with Gasteiger partial charge in [-0.05, 0) is 43.7 Å². The maximum atomic E-state index is 12.5. The van der Waals surface area contributed by atoms with Crippen LogP contribution in [0.5, 0.6) is 0 Å². The maximum Gasteiger partial charge on any atom is 0.254 e. The van der Waals surface area contributed by atoms with Crippen molar-refractivity contribution in [1.82, 2.24) is 4.90 Å². The predicted molar refractivity (Wildman–Crippen MR) is 78.3 cm³/mol. The Morgan fingerprint density at radius 2 is 1.89 bits per heavy atom. The summed E-state index contributed by atoms with van der Waals surface area (Å²) < 4.78 is 0. The average Bonchev–Trinajstić information content (AvgIpc) is 2.26. The monoisotopic (exact) mass is 309 g/mol. The Morgan fingerprint density at radius 3 is 2.39 bits per heavy atom. The van der Waals surface area contributed by atoms with Crippen LogP contribution in [0.4, 0.5) is 0 Å². The van der Waals surface area contributed by atoms with Gasteiger partial charge in [-0.3, -0.25) is 4.79 Å². The Hall–Kier alpha value is -0.830. The van der Waals surface area contributed by atoms with Gasteiger partial charge in [-0.1, -0.05) is 34.1 Å². The first-order valence-electron chi connectivity index (χ1n) is 6.44. The van der Waals surface area contributed by atoms with Crippen molar-refractivity contribution in [3.05, 3.63) is 34.9 Å². The number of amides is 1. The normalized spacial score (nSPS) is 22.4. The van der Waals surface area contributed by atoms with Crippen molar-refractivity contribution in [2.45, 2.75) is 31.5 Å². The van der Waals surface area contributed by atoms with Crippen molar-refractivity contribution in [1.29, 1.82) is 0 Å². The van der Waals surface area contributed by atoms with E-state index in [4.69, 9.17) is 0 Å². The van der Waals surface area contributed by atoms with E-state index >= 15 is 0 Å². The molecule has 0 saturated heterocycles. The fourth-order valence-electron chi connectivity index (χ4n) is 2.62. The molecule has 1 aliphatic carbocycles. The molecule has 1 aromatic carbocycles. The van der Waals surface area contributed by atoms with Crippen LogP contribution in [0.3, 0.4) is 0 Å². The van der Waals surface area contributed by atoms with Gasteiger partial charge in [0, 0.05) is 24.0 Å². The van der Waals surface area contributed by atoms with Gasteiger partial charge in [-0.2, -0.15) is 0 Å². The van der Waals surface area contributed by atoms with Gasteiger partial charge >= 0.3 is 0 Å². The number of benzene rings is 1. The molecule has 0 N–H and O–H groups in total. The standard InChI is InChI=1S/C15H20BrNO/c1-10-5-4-6-11(2)14(10)15(18)17(3)9-12-7-13(16)8-12/h4-6,12-13H,7-9H2,1-3H3. The Kier molecular flexibility index (Phi) is 4.10. The summed E-state index contributed by atoms with van der Waals surface area (Å²) in [6.45, 7) is 4.88. The second-order valence-electron chi connectivity index (χ2n) is 5.39. The highest BCUT2D eigenvalue weighted by Gasteiger charge is 2.29. The minimum absolute atomic E-state index is 0.156. The van der Waals surface area contributed by atoms with E-state index in [1.54, 1.807) is 0 Å². The molecule has 0 spiro atoms. The molecule has 2 nitrogen and oxygen atoms in total. The fraction of sp³-hybridized carbons (Fsp3) is 0.533. The summed E-state index contributed by atoms with van der Waals surface area (Å²) >= 11 is 3.59. The van der Waals surface area contributed by atoms with Crippen LogP contribution in [0.15, 0.2) is 18.2 Å². The van der Waals surface area contributed by atoms with Crippen LogP contribution in [0.25, 0.3) is 0 Å². The molecule has 18 heavy (non-hydrogen) atoms. The van der Waals surface area contributed by atoms with Crippen molar-refractivity contribution in [2.75, 3.05) is 13.6 Å². The van der Waals surface area contributed by atoms with E-state index in [2.05, 4.69) is 15.9 Å². The van der Waals surface area contributed by atoms with Crippen molar-refractivity contribution in [3.63, 3.8) is 0 Å². The van der Waals surface area contributed by atoms with E-state index in [1.165, 1.54) is 12.8 Å². The molecule has 1 amide bonds. The molecule has 3 heteroatoms. The Labute approximate surface area is 117 Å². The molecular formula is C15H20BrNO. The van der Waals surface area contributed by atoms with Crippen LogP contribution in [0.1, 0.15) is 34.3 Å². The molecule has 0 aromatic heterocycles. The summed E-state index contributed by atoms with van der Waals surface area (Å²) in [5.41, 5.74) is 3.01. The third-order valence-electron chi connectivity index (χ3n) is 3.75. The Morgan fingerprint density at radius 1 is 1.33 bits per heavy atom. The number of hydrogen-bond donors (Lipinski definition) is 0. The summed E-state index contributed by atoms with van der Waals surface area (Å²) in [7, 11) is 1.91. The van der Waals surface area contributed by atoms with Gasteiger partial charge in [-0.15, -0.1) is 0 Å². The smallest absolute Gasteiger partial charge is 0.254 e. The first-order valence-corrected chi connectivity index (χ1v) is 7.36. The van der Waals surface area contributed by atoms with Crippen molar-refractivity contribution < 1.29 is 4.79 Å². The molecule has 0 radical (unpaired) electrons. The lowest BCUT2D eigenvalue weighted by atomic mass is 9.85. The SMILES string of the molecule is Cc1cccc(C)c1C(=O)N(C)CC1CC(Br)C1. The van der Waals surface area contributed by atoms with Gasteiger partial charge in [0.05, 0.1) is 0 Å². The predicted octanol–water partition coefficient (Wildman–Crippen LogP) is 3.55. The number of alkyl halides is 1. The van der Waals surface area contributed by atoms with Gasteiger partial charge in [0.1, 0.15) is 0 Å². The Bertz CT molecular complexity index is 432. The molecule has 1 saturated carbocycles. The molecule has 1 aliphatic rings. The summed E-state index contributed by atoms with van der Waals surface area (Å²) in [5.74, 6) is 0.816. The van der Waals surface area contributed by atoms with Gasteiger partial charge in [0.25, 0.3) is 5.91 Å². The number of rotatable bonds is 3. The first kappa shape index (κ1) is 13.6. The van der Waals surface area contributed by atoms with Crippen molar-refractivity contribution >= 4 is 21.8 Å². The van der Waals surface area contributed by atoms with Gasteiger partial charge < -0.3 is 4.90 Å². The van der Waals surface area contributed by atoms with Crippen molar-refractivity contribution in [2.24, 2.45) is 5.92 Å². The lowest BCUT2D eigenvalue weighted by Gasteiger charge is -2.34. The summed E-state index contributed by atoms with van der Waals surface area (Å²) in [4.78, 5) is 15.0. The molecule has 0 atom stereocenters. The molecular weight excluding hydrogens is 290 g/mol. The number of halogens is 1. The number of hydrogen-bond acceptors (Lipinski definition) is 1. The quantitative estimate of drug-likeness (QED) is 0.782. The second kappa shape index (κ2) is 5.43. The van der Waals surface area contributed by atoms with E-state index in [1.807, 2.05) is 44.0 Å². The minimum Gasteiger partial charge on any atom is -0.341 e. The molecule has 0 bridgehead atoms. The fourth-order valence-corrected chi connectivity index (χ4v) is 3.67. The highest BCUT2D eigenvalue weighted by atomic mass is 79.9. The molecule has 0 heterocycles. The molecule has 2 rings (SSSR count). The number of nitrogens with zero attached hydrogens (tertiary/aromatic N) is 1. The molecule has 1 aromatic rings. The van der Waals surface area contributed by atoms with E-state index in [9.17, 15) is 4.79 Å². The van der Waals surface area contributed by atoms with E-state index in [0.29, 0.717) is 10.7 Å². The van der Waals surface area contributed by atoms with E-state index in [-0.39, 0.29) is 5.91 Å². The zero-order valence-corrected chi connectivity index (χ0v) is 12.8. The molecule has 98 valence electrons. The number of aryl methyl sites for hydroxylation is 2. The van der Waals surface area contributed by atoms with Crippen LogP contribution < -0.4 is 0 Å². The zero-order valence-electron chi connectivity index (χ0n) is 11.2. The zero-order chi connectivity index (χ0) is 13.3. The number of carbonyl (C=O) groups excluding carboxylic acids is 1. The topological polar surface area (TPSA) is 20.3 Å². The van der Waals surface area contributed by atoms with E-state index < -0.39 is 0 Å². The van der Waals surface area contributed by atoms with Crippen molar-refractivity contribution in [3.8, 4) is 0 Å². The van der Waals surface area contributed by atoms with Crippen LogP contribution in [0, 0.1) is 19.8 Å². The maximum absolute atomic E-state index is 12.5. The Balaban J connectivity index is 2.06. The summed E-state index contributed by atoms with van der Waals surface area (Å²) in [6.07, 6.45) is 2.37.